The molecule has 0 spiro atoms. The molecule has 1 aliphatic rings. The van der Waals surface area contributed by atoms with Gasteiger partial charge >= 0.3 is 5.97 Å². The summed E-state index contributed by atoms with van der Waals surface area (Å²) in [5.41, 5.74) is 7.81. The number of carbonyl (C=O) groups is 1. The Balaban J connectivity index is 1.85. The summed E-state index contributed by atoms with van der Waals surface area (Å²) in [6.07, 6.45) is 4.91. The van der Waals surface area contributed by atoms with Crippen LogP contribution in [0.15, 0.2) is 18.2 Å². The number of nitrogen functional groups attached to an aromatic ring is 1. The monoisotopic (exact) mass is 233 g/mol. The number of esters is 1. The SMILES string of the molecule is Cc1cc(N)ccc1C(=O)OCCC1CCC1. The summed E-state index contributed by atoms with van der Waals surface area (Å²) in [6.45, 7) is 2.41. The molecule has 0 aromatic heterocycles. The maximum absolute atomic E-state index is 11.8. The van der Waals surface area contributed by atoms with Gasteiger partial charge in [-0.05, 0) is 43.0 Å². The Morgan fingerprint density at radius 2 is 2.24 bits per heavy atom. The summed E-state index contributed by atoms with van der Waals surface area (Å²) < 4.78 is 5.28. The van der Waals surface area contributed by atoms with Gasteiger partial charge in [-0.15, -0.1) is 0 Å². The molecule has 17 heavy (non-hydrogen) atoms. The molecule has 2 rings (SSSR count). The van der Waals surface area contributed by atoms with Crippen molar-refractivity contribution in [2.75, 3.05) is 12.3 Å². The average Bonchev–Trinajstić information content (AvgIpc) is 2.21. The summed E-state index contributed by atoms with van der Waals surface area (Å²) in [7, 11) is 0. The molecule has 3 heteroatoms. The van der Waals surface area contributed by atoms with E-state index in [1.165, 1.54) is 19.3 Å². The van der Waals surface area contributed by atoms with E-state index in [1.807, 2.05) is 6.92 Å². The number of nitrogens with two attached hydrogens (primary N) is 1. The largest absolute Gasteiger partial charge is 0.462 e. The lowest BCUT2D eigenvalue weighted by Gasteiger charge is -2.24. The molecule has 0 atom stereocenters. The zero-order valence-corrected chi connectivity index (χ0v) is 10.2. The fourth-order valence-electron chi connectivity index (χ4n) is 2.09. The Morgan fingerprint density at radius 3 is 2.82 bits per heavy atom. The van der Waals surface area contributed by atoms with Crippen molar-refractivity contribution in [3.05, 3.63) is 29.3 Å². The van der Waals surface area contributed by atoms with Gasteiger partial charge in [0.2, 0.25) is 0 Å². The molecule has 3 nitrogen and oxygen atoms in total. The molecule has 1 aliphatic carbocycles. The van der Waals surface area contributed by atoms with Gasteiger partial charge in [0.25, 0.3) is 0 Å². The van der Waals surface area contributed by atoms with Gasteiger partial charge in [-0.25, -0.2) is 4.79 Å². The van der Waals surface area contributed by atoms with E-state index in [0.717, 1.165) is 17.9 Å². The van der Waals surface area contributed by atoms with Crippen LogP contribution >= 0.6 is 0 Å². The number of aryl methyl sites for hydroxylation is 1. The maximum Gasteiger partial charge on any atom is 0.338 e. The van der Waals surface area contributed by atoms with Crippen LogP contribution in [0.3, 0.4) is 0 Å². The molecule has 0 bridgehead atoms. The van der Waals surface area contributed by atoms with Crippen molar-refractivity contribution in [3.8, 4) is 0 Å². The Labute approximate surface area is 102 Å². The molecule has 0 amide bonds. The third-order valence-corrected chi connectivity index (χ3v) is 3.45. The van der Waals surface area contributed by atoms with Gasteiger partial charge in [0.1, 0.15) is 0 Å². The highest BCUT2D eigenvalue weighted by Gasteiger charge is 2.18. The van der Waals surface area contributed by atoms with Crippen molar-refractivity contribution < 1.29 is 9.53 Å². The van der Waals surface area contributed by atoms with Crippen molar-refractivity contribution in [2.45, 2.75) is 32.6 Å². The number of hydrogen-bond donors (Lipinski definition) is 1. The number of benzene rings is 1. The predicted octanol–water partition coefficient (Wildman–Crippen LogP) is 2.92. The van der Waals surface area contributed by atoms with Crippen LogP contribution in [0, 0.1) is 12.8 Å². The van der Waals surface area contributed by atoms with E-state index in [1.54, 1.807) is 18.2 Å². The third-order valence-electron chi connectivity index (χ3n) is 3.45. The van der Waals surface area contributed by atoms with Crippen LogP contribution in [0.4, 0.5) is 5.69 Å². The van der Waals surface area contributed by atoms with E-state index in [2.05, 4.69) is 0 Å². The summed E-state index contributed by atoms with van der Waals surface area (Å²) in [6, 6.07) is 5.26. The van der Waals surface area contributed by atoms with Crippen molar-refractivity contribution >= 4 is 11.7 Å². The van der Waals surface area contributed by atoms with Crippen LogP contribution in [-0.4, -0.2) is 12.6 Å². The first-order valence-corrected chi connectivity index (χ1v) is 6.20. The van der Waals surface area contributed by atoms with Gasteiger partial charge in [-0.2, -0.15) is 0 Å². The first-order chi connectivity index (χ1) is 8.16. The number of ether oxygens (including phenoxy) is 1. The molecular formula is C14H19NO2. The summed E-state index contributed by atoms with van der Waals surface area (Å²) in [4.78, 5) is 11.8. The van der Waals surface area contributed by atoms with E-state index >= 15 is 0 Å². The smallest absolute Gasteiger partial charge is 0.338 e. The van der Waals surface area contributed by atoms with Gasteiger partial charge in [-0.1, -0.05) is 19.3 Å². The highest BCUT2D eigenvalue weighted by Crippen LogP contribution is 2.29. The normalized spacial score (nSPS) is 15.4. The van der Waals surface area contributed by atoms with Gasteiger partial charge < -0.3 is 10.5 Å². The summed E-state index contributed by atoms with van der Waals surface area (Å²) >= 11 is 0. The molecule has 1 saturated carbocycles. The Hall–Kier alpha value is -1.51. The molecule has 1 aromatic rings. The summed E-state index contributed by atoms with van der Waals surface area (Å²) in [5.74, 6) is 0.539. The Morgan fingerprint density at radius 1 is 1.47 bits per heavy atom. The minimum atomic E-state index is -0.234. The standard InChI is InChI=1S/C14H19NO2/c1-10-9-12(15)5-6-13(10)14(16)17-8-7-11-3-2-4-11/h5-6,9,11H,2-4,7-8,15H2,1H3. The van der Waals surface area contributed by atoms with Crippen molar-refractivity contribution in [2.24, 2.45) is 5.92 Å². The zero-order valence-electron chi connectivity index (χ0n) is 10.2. The minimum Gasteiger partial charge on any atom is -0.462 e. The Kier molecular flexibility index (Phi) is 3.67. The van der Waals surface area contributed by atoms with Crippen LogP contribution in [0.5, 0.6) is 0 Å². The maximum atomic E-state index is 11.8. The molecule has 1 fully saturated rings. The van der Waals surface area contributed by atoms with Crippen molar-refractivity contribution in [1.82, 2.24) is 0 Å². The van der Waals surface area contributed by atoms with E-state index in [9.17, 15) is 4.79 Å². The fourth-order valence-corrected chi connectivity index (χ4v) is 2.09. The molecular weight excluding hydrogens is 214 g/mol. The second-order valence-electron chi connectivity index (χ2n) is 4.80. The molecule has 1 aromatic carbocycles. The molecule has 0 heterocycles. The molecule has 0 saturated heterocycles. The molecule has 92 valence electrons. The van der Waals surface area contributed by atoms with E-state index in [4.69, 9.17) is 10.5 Å². The molecule has 0 unspecified atom stereocenters. The molecule has 0 aliphatic heterocycles. The second-order valence-corrected chi connectivity index (χ2v) is 4.80. The number of carbonyl (C=O) groups excluding carboxylic acids is 1. The van der Waals surface area contributed by atoms with Crippen LogP contribution in [0.1, 0.15) is 41.6 Å². The highest BCUT2D eigenvalue weighted by atomic mass is 16.5. The van der Waals surface area contributed by atoms with Gasteiger partial charge in [0.15, 0.2) is 0 Å². The van der Waals surface area contributed by atoms with E-state index in [0.29, 0.717) is 17.9 Å². The lowest BCUT2D eigenvalue weighted by Crippen LogP contribution is -2.16. The van der Waals surface area contributed by atoms with Gasteiger partial charge in [0.05, 0.1) is 12.2 Å². The van der Waals surface area contributed by atoms with Crippen molar-refractivity contribution in [3.63, 3.8) is 0 Å². The topological polar surface area (TPSA) is 52.3 Å². The van der Waals surface area contributed by atoms with E-state index < -0.39 is 0 Å². The van der Waals surface area contributed by atoms with Crippen LogP contribution < -0.4 is 5.73 Å². The lowest BCUT2D eigenvalue weighted by molar-refractivity contribution is 0.0463. The number of rotatable bonds is 4. The van der Waals surface area contributed by atoms with Gasteiger partial charge in [0, 0.05) is 5.69 Å². The average molecular weight is 233 g/mol. The third kappa shape index (κ3) is 2.99. The van der Waals surface area contributed by atoms with Gasteiger partial charge in [-0.3, -0.25) is 0 Å². The minimum absolute atomic E-state index is 0.234. The van der Waals surface area contributed by atoms with Crippen LogP contribution in [-0.2, 0) is 4.74 Å². The fraction of sp³-hybridized carbons (Fsp3) is 0.500. The quantitative estimate of drug-likeness (QED) is 0.642. The van der Waals surface area contributed by atoms with E-state index in [-0.39, 0.29) is 5.97 Å². The number of hydrogen-bond acceptors (Lipinski definition) is 3. The second kappa shape index (κ2) is 5.21. The Bertz CT molecular complexity index is 411. The first kappa shape index (κ1) is 12.0. The first-order valence-electron chi connectivity index (χ1n) is 6.20. The highest BCUT2D eigenvalue weighted by molar-refractivity contribution is 5.91. The van der Waals surface area contributed by atoms with Crippen LogP contribution in [0.2, 0.25) is 0 Å². The molecule has 2 N–H and O–H groups in total. The van der Waals surface area contributed by atoms with Crippen LogP contribution in [0.25, 0.3) is 0 Å². The molecule has 0 radical (unpaired) electrons. The predicted molar refractivity (Wildman–Crippen MR) is 67.8 cm³/mol. The number of anilines is 1. The van der Waals surface area contributed by atoms with Crippen molar-refractivity contribution in [1.29, 1.82) is 0 Å². The lowest BCUT2D eigenvalue weighted by atomic mass is 9.83. The summed E-state index contributed by atoms with van der Waals surface area (Å²) in [5, 5.41) is 0. The zero-order chi connectivity index (χ0) is 12.3.